The molecule has 102 valence electrons. The number of pyridine rings is 1. The molecule has 0 radical (unpaired) electrons. The topological polar surface area (TPSA) is 45.2 Å². The van der Waals surface area contributed by atoms with E-state index in [1.807, 2.05) is 12.3 Å². The molecule has 2 unspecified atom stereocenters. The molecule has 1 aromatic rings. The maximum absolute atomic E-state index is 11.4. The summed E-state index contributed by atoms with van der Waals surface area (Å²) in [6.07, 6.45) is 4.47. The molecule has 2 fully saturated rings. The average molecular weight is 389 g/mol. The van der Waals surface area contributed by atoms with E-state index in [0.29, 0.717) is 18.4 Å². The number of piperidine rings is 2. The predicted octanol–water partition coefficient (Wildman–Crippen LogP) is 2.71. The first-order valence-electron chi connectivity index (χ1n) is 6.49. The Morgan fingerprint density at radius 1 is 1.37 bits per heavy atom. The second-order valence-electron chi connectivity index (χ2n) is 5.17. The minimum atomic E-state index is 0.206. The van der Waals surface area contributed by atoms with Crippen LogP contribution in [0.3, 0.4) is 0 Å². The Hall–Kier alpha value is -0.620. The van der Waals surface area contributed by atoms with Crippen LogP contribution in [0.5, 0.6) is 0 Å². The molecule has 3 rings (SSSR count). The molecule has 0 aliphatic carbocycles. The standard InChI is InChI=1S/C13H15Br2N3O/c14-9-5-10(15)13(16-6-9)18-4-3-11-8(7-18)1-2-12(19)17-11/h5-6,8,11H,1-4,7H2,(H,17,19). The van der Waals surface area contributed by atoms with Crippen molar-refractivity contribution < 1.29 is 4.79 Å². The fourth-order valence-electron chi connectivity index (χ4n) is 2.94. The van der Waals surface area contributed by atoms with E-state index in [0.717, 1.165) is 40.7 Å². The first-order chi connectivity index (χ1) is 9.13. The van der Waals surface area contributed by atoms with Crippen molar-refractivity contribution in [3.63, 3.8) is 0 Å². The number of anilines is 1. The van der Waals surface area contributed by atoms with E-state index in [4.69, 9.17) is 0 Å². The second kappa shape index (κ2) is 5.40. The lowest BCUT2D eigenvalue weighted by molar-refractivity contribution is -0.124. The van der Waals surface area contributed by atoms with Gasteiger partial charge >= 0.3 is 0 Å². The quantitative estimate of drug-likeness (QED) is 0.804. The van der Waals surface area contributed by atoms with Crippen molar-refractivity contribution in [3.05, 3.63) is 21.2 Å². The van der Waals surface area contributed by atoms with Crippen molar-refractivity contribution in [2.24, 2.45) is 5.92 Å². The molecule has 1 aromatic heterocycles. The lowest BCUT2D eigenvalue weighted by Gasteiger charge is -2.42. The normalized spacial score (nSPS) is 26.8. The highest BCUT2D eigenvalue weighted by atomic mass is 79.9. The van der Waals surface area contributed by atoms with Crippen molar-refractivity contribution in [1.82, 2.24) is 10.3 Å². The summed E-state index contributed by atoms with van der Waals surface area (Å²) in [6, 6.07) is 2.38. The van der Waals surface area contributed by atoms with Gasteiger partial charge in [-0.1, -0.05) is 0 Å². The molecule has 0 bridgehead atoms. The van der Waals surface area contributed by atoms with Crippen LogP contribution in [-0.4, -0.2) is 30.0 Å². The fraction of sp³-hybridized carbons (Fsp3) is 0.538. The van der Waals surface area contributed by atoms with Crippen molar-refractivity contribution in [2.45, 2.75) is 25.3 Å². The van der Waals surface area contributed by atoms with Crippen molar-refractivity contribution in [1.29, 1.82) is 0 Å². The van der Waals surface area contributed by atoms with E-state index in [1.54, 1.807) is 0 Å². The van der Waals surface area contributed by atoms with E-state index >= 15 is 0 Å². The SMILES string of the molecule is O=C1CCC2CN(c3ncc(Br)cc3Br)CCC2N1. The minimum Gasteiger partial charge on any atom is -0.355 e. The van der Waals surface area contributed by atoms with Gasteiger partial charge in [0.15, 0.2) is 0 Å². The summed E-state index contributed by atoms with van der Waals surface area (Å²) in [7, 11) is 0. The number of amides is 1. The summed E-state index contributed by atoms with van der Waals surface area (Å²) in [5.41, 5.74) is 0. The number of halogens is 2. The molecular weight excluding hydrogens is 374 g/mol. The first kappa shape index (κ1) is 13.4. The molecule has 3 heterocycles. The Kier molecular flexibility index (Phi) is 3.80. The van der Waals surface area contributed by atoms with Gasteiger partial charge in [0.2, 0.25) is 5.91 Å². The highest BCUT2D eigenvalue weighted by Crippen LogP contribution is 2.32. The lowest BCUT2D eigenvalue weighted by Crippen LogP contribution is -2.54. The Bertz CT molecular complexity index is 509. The van der Waals surface area contributed by atoms with E-state index < -0.39 is 0 Å². The number of rotatable bonds is 1. The molecule has 0 aromatic carbocycles. The third-order valence-corrected chi connectivity index (χ3v) is 4.93. The average Bonchev–Trinajstić information content (AvgIpc) is 2.38. The number of fused-ring (bicyclic) bond motifs is 1. The van der Waals surface area contributed by atoms with Gasteiger partial charge in [-0.2, -0.15) is 0 Å². The number of nitrogens with zero attached hydrogens (tertiary/aromatic N) is 2. The Morgan fingerprint density at radius 2 is 2.21 bits per heavy atom. The van der Waals surface area contributed by atoms with Crippen LogP contribution < -0.4 is 10.2 Å². The van der Waals surface area contributed by atoms with Gasteiger partial charge in [-0.05, 0) is 56.7 Å². The van der Waals surface area contributed by atoms with E-state index in [9.17, 15) is 4.79 Å². The van der Waals surface area contributed by atoms with Gasteiger partial charge in [-0.15, -0.1) is 0 Å². The van der Waals surface area contributed by atoms with E-state index in [-0.39, 0.29) is 5.91 Å². The zero-order valence-electron chi connectivity index (χ0n) is 10.4. The van der Waals surface area contributed by atoms with Gasteiger partial charge in [0.25, 0.3) is 0 Å². The fourth-order valence-corrected chi connectivity index (χ4v) is 4.18. The van der Waals surface area contributed by atoms with Crippen LogP contribution in [-0.2, 0) is 4.79 Å². The van der Waals surface area contributed by atoms with Gasteiger partial charge in [0, 0.05) is 36.2 Å². The summed E-state index contributed by atoms with van der Waals surface area (Å²) in [4.78, 5) is 18.2. The van der Waals surface area contributed by atoms with Crippen molar-refractivity contribution in [2.75, 3.05) is 18.0 Å². The number of hydrogen-bond donors (Lipinski definition) is 1. The molecule has 19 heavy (non-hydrogen) atoms. The monoisotopic (exact) mass is 387 g/mol. The molecule has 0 saturated carbocycles. The van der Waals surface area contributed by atoms with Gasteiger partial charge in [0.05, 0.1) is 4.47 Å². The second-order valence-corrected chi connectivity index (χ2v) is 6.94. The Morgan fingerprint density at radius 3 is 3.00 bits per heavy atom. The summed E-state index contributed by atoms with van der Waals surface area (Å²) < 4.78 is 1.99. The van der Waals surface area contributed by atoms with Crippen molar-refractivity contribution in [3.8, 4) is 0 Å². The number of aromatic nitrogens is 1. The molecule has 6 heteroatoms. The number of carbonyl (C=O) groups is 1. The third-order valence-electron chi connectivity index (χ3n) is 3.91. The summed E-state index contributed by atoms with van der Waals surface area (Å²) in [5, 5.41) is 3.11. The van der Waals surface area contributed by atoms with Crippen LogP contribution in [0.2, 0.25) is 0 Å². The molecular formula is C13H15Br2N3O. The Balaban J connectivity index is 1.76. The molecule has 2 aliphatic heterocycles. The van der Waals surface area contributed by atoms with E-state index in [2.05, 4.69) is 47.1 Å². The van der Waals surface area contributed by atoms with Crippen LogP contribution in [0.25, 0.3) is 0 Å². The predicted molar refractivity (Wildman–Crippen MR) is 81.1 cm³/mol. The number of carbonyl (C=O) groups excluding carboxylic acids is 1. The smallest absolute Gasteiger partial charge is 0.220 e. The van der Waals surface area contributed by atoms with Crippen molar-refractivity contribution >= 4 is 43.6 Å². The molecule has 2 aliphatic rings. The molecule has 1 amide bonds. The molecule has 1 N–H and O–H groups in total. The number of nitrogens with one attached hydrogen (secondary N) is 1. The number of hydrogen-bond acceptors (Lipinski definition) is 3. The van der Waals surface area contributed by atoms with Gasteiger partial charge in [-0.3, -0.25) is 4.79 Å². The zero-order chi connectivity index (χ0) is 13.4. The molecule has 4 nitrogen and oxygen atoms in total. The summed E-state index contributed by atoms with van der Waals surface area (Å²) in [5.74, 6) is 1.75. The van der Waals surface area contributed by atoms with Crippen LogP contribution in [0.1, 0.15) is 19.3 Å². The Labute approximate surface area is 129 Å². The minimum absolute atomic E-state index is 0.206. The third kappa shape index (κ3) is 2.79. The van der Waals surface area contributed by atoms with Gasteiger partial charge in [-0.25, -0.2) is 4.98 Å². The molecule has 2 atom stereocenters. The maximum atomic E-state index is 11.4. The maximum Gasteiger partial charge on any atom is 0.220 e. The summed E-state index contributed by atoms with van der Waals surface area (Å²) >= 11 is 7.00. The van der Waals surface area contributed by atoms with Gasteiger partial charge in [0.1, 0.15) is 5.82 Å². The highest BCUT2D eigenvalue weighted by molar-refractivity contribution is 9.11. The van der Waals surface area contributed by atoms with Crippen LogP contribution in [0.4, 0.5) is 5.82 Å². The highest BCUT2D eigenvalue weighted by Gasteiger charge is 2.34. The summed E-state index contributed by atoms with van der Waals surface area (Å²) in [6.45, 7) is 1.91. The van der Waals surface area contributed by atoms with Gasteiger partial charge < -0.3 is 10.2 Å². The van der Waals surface area contributed by atoms with Crippen LogP contribution in [0, 0.1) is 5.92 Å². The van der Waals surface area contributed by atoms with E-state index in [1.165, 1.54) is 0 Å². The lowest BCUT2D eigenvalue weighted by atomic mass is 9.85. The first-order valence-corrected chi connectivity index (χ1v) is 8.07. The molecule has 2 saturated heterocycles. The molecule has 0 spiro atoms. The van der Waals surface area contributed by atoms with Crippen LogP contribution in [0.15, 0.2) is 21.2 Å². The largest absolute Gasteiger partial charge is 0.355 e. The van der Waals surface area contributed by atoms with Crippen LogP contribution >= 0.6 is 31.9 Å². The zero-order valence-corrected chi connectivity index (χ0v) is 13.6.